The summed E-state index contributed by atoms with van der Waals surface area (Å²) in [4.78, 5) is 11.0. The molecule has 6 heteroatoms. The van der Waals surface area contributed by atoms with Crippen LogP contribution in [0.3, 0.4) is 0 Å². The van der Waals surface area contributed by atoms with E-state index in [-0.39, 0.29) is 18.7 Å². The maximum Gasteiger partial charge on any atom is 0.234 e. The van der Waals surface area contributed by atoms with Crippen LogP contribution in [0.1, 0.15) is 18.1 Å². The van der Waals surface area contributed by atoms with Crippen molar-refractivity contribution in [3.05, 3.63) is 53.6 Å². The van der Waals surface area contributed by atoms with Gasteiger partial charge in [-0.25, -0.2) is 0 Å². The number of amides is 1. The fourth-order valence-electron chi connectivity index (χ4n) is 2.33. The van der Waals surface area contributed by atoms with Gasteiger partial charge >= 0.3 is 0 Å². The Morgan fingerprint density at radius 2 is 2.00 bits per heavy atom. The second-order valence-corrected chi connectivity index (χ2v) is 5.63. The maximum absolute atomic E-state index is 11.0. The van der Waals surface area contributed by atoms with Crippen molar-refractivity contribution in [3.8, 4) is 17.2 Å². The molecule has 126 valence electrons. The predicted molar refractivity (Wildman–Crippen MR) is 88.8 cm³/mol. The van der Waals surface area contributed by atoms with Crippen LogP contribution in [-0.4, -0.2) is 18.7 Å². The average molecular weight is 328 g/mol. The number of rotatable bonds is 7. The van der Waals surface area contributed by atoms with Crippen molar-refractivity contribution in [1.29, 1.82) is 0 Å². The summed E-state index contributed by atoms with van der Waals surface area (Å²) in [6, 6.07) is 13.1. The number of hydrogen-bond donors (Lipinski definition) is 2. The molecule has 0 fully saturated rings. The van der Waals surface area contributed by atoms with Crippen molar-refractivity contribution in [2.75, 3.05) is 6.79 Å². The molecule has 2 aromatic carbocycles. The van der Waals surface area contributed by atoms with Gasteiger partial charge in [0.05, 0.1) is 6.04 Å². The lowest BCUT2D eigenvalue weighted by atomic mass is 10.1. The van der Waals surface area contributed by atoms with Crippen molar-refractivity contribution >= 4 is 5.91 Å². The van der Waals surface area contributed by atoms with Crippen LogP contribution in [0.25, 0.3) is 0 Å². The zero-order valence-corrected chi connectivity index (χ0v) is 13.5. The molecular formula is C18H20N2O4. The molecule has 0 saturated heterocycles. The van der Waals surface area contributed by atoms with Gasteiger partial charge in [-0.05, 0) is 30.2 Å². The van der Waals surface area contributed by atoms with E-state index >= 15 is 0 Å². The van der Waals surface area contributed by atoms with Crippen LogP contribution in [0.5, 0.6) is 17.2 Å². The van der Waals surface area contributed by atoms with Gasteiger partial charge in [0.1, 0.15) is 12.4 Å². The smallest absolute Gasteiger partial charge is 0.234 e. The Bertz CT molecular complexity index is 733. The van der Waals surface area contributed by atoms with Crippen LogP contribution in [0.2, 0.25) is 0 Å². The molecular weight excluding hydrogens is 308 g/mol. The molecule has 0 unspecified atom stereocenters. The van der Waals surface area contributed by atoms with Gasteiger partial charge < -0.3 is 25.3 Å². The second-order valence-electron chi connectivity index (χ2n) is 5.63. The lowest BCUT2D eigenvalue weighted by Crippen LogP contribution is -2.38. The third-order valence-corrected chi connectivity index (χ3v) is 3.78. The first-order valence-corrected chi connectivity index (χ1v) is 7.75. The first-order valence-electron chi connectivity index (χ1n) is 7.75. The number of primary amides is 1. The van der Waals surface area contributed by atoms with Gasteiger partial charge in [0, 0.05) is 12.6 Å². The largest absolute Gasteiger partial charge is 0.489 e. The van der Waals surface area contributed by atoms with Gasteiger partial charge in [-0.15, -0.1) is 0 Å². The Morgan fingerprint density at radius 3 is 2.83 bits per heavy atom. The van der Waals surface area contributed by atoms with Crippen LogP contribution in [0.15, 0.2) is 42.5 Å². The molecule has 0 radical (unpaired) electrons. The van der Waals surface area contributed by atoms with E-state index in [1.807, 2.05) is 42.5 Å². The standard InChI is InChI=1S/C18H20N2O4/c1-12(18(19)21)20-9-13-3-2-4-14(7-13)10-22-15-5-6-16-17(8-15)24-11-23-16/h2-8,12,20H,9-11H2,1H3,(H2,19,21)/t12-/m0/s1. The molecule has 0 aliphatic carbocycles. The van der Waals surface area contributed by atoms with E-state index in [1.165, 1.54) is 0 Å². The molecule has 1 heterocycles. The molecule has 3 rings (SSSR count). The van der Waals surface area contributed by atoms with Gasteiger partial charge in [0.2, 0.25) is 12.7 Å². The van der Waals surface area contributed by atoms with E-state index in [2.05, 4.69) is 5.32 Å². The molecule has 1 aliphatic heterocycles. The number of nitrogens with two attached hydrogens (primary N) is 1. The minimum absolute atomic E-state index is 0.248. The van der Waals surface area contributed by atoms with Crippen LogP contribution in [-0.2, 0) is 17.9 Å². The summed E-state index contributed by atoms with van der Waals surface area (Å²) < 4.78 is 16.4. The van der Waals surface area contributed by atoms with Crippen molar-refractivity contribution in [1.82, 2.24) is 5.32 Å². The molecule has 24 heavy (non-hydrogen) atoms. The van der Waals surface area contributed by atoms with Gasteiger partial charge in [0.25, 0.3) is 0 Å². The SMILES string of the molecule is C[C@H](NCc1cccc(COc2ccc3c(c2)OCO3)c1)C(N)=O. The van der Waals surface area contributed by atoms with Crippen LogP contribution in [0.4, 0.5) is 0 Å². The predicted octanol–water partition coefficient (Wildman–Crippen LogP) is 1.96. The number of carbonyl (C=O) groups is 1. The molecule has 1 atom stereocenters. The van der Waals surface area contributed by atoms with Gasteiger partial charge in [-0.2, -0.15) is 0 Å². The Balaban J connectivity index is 1.57. The zero-order valence-electron chi connectivity index (χ0n) is 13.5. The summed E-state index contributed by atoms with van der Waals surface area (Å²) in [5.74, 6) is 1.80. The minimum atomic E-state index is -0.364. The monoisotopic (exact) mass is 328 g/mol. The van der Waals surface area contributed by atoms with Gasteiger partial charge in [-0.1, -0.05) is 24.3 Å². The van der Waals surface area contributed by atoms with Crippen molar-refractivity contribution in [2.45, 2.75) is 26.1 Å². The normalized spacial score (nSPS) is 13.5. The summed E-state index contributed by atoms with van der Waals surface area (Å²) in [7, 11) is 0. The highest BCUT2D eigenvalue weighted by Crippen LogP contribution is 2.35. The summed E-state index contributed by atoms with van der Waals surface area (Å²) >= 11 is 0. The zero-order chi connectivity index (χ0) is 16.9. The molecule has 3 N–H and O–H groups in total. The first-order chi connectivity index (χ1) is 11.6. The molecule has 0 saturated carbocycles. The third kappa shape index (κ3) is 3.97. The Morgan fingerprint density at radius 1 is 1.21 bits per heavy atom. The molecule has 1 aliphatic rings. The van der Waals surface area contributed by atoms with E-state index in [1.54, 1.807) is 6.92 Å². The highest BCUT2D eigenvalue weighted by molar-refractivity contribution is 5.79. The fraction of sp³-hybridized carbons (Fsp3) is 0.278. The molecule has 0 spiro atoms. The maximum atomic E-state index is 11.0. The van der Waals surface area contributed by atoms with E-state index in [0.29, 0.717) is 18.9 Å². The summed E-state index contributed by atoms with van der Waals surface area (Å²) in [6.45, 7) is 3.01. The Hall–Kier alpha value is -2.73. The van der Waals surface area contributed by atoms with Crippen molar-refractivity contribution in [2.24, 2.45) is 5.73 Å². The lowest BCUT2D eigenvalue weighted by Gasteiger charge is -2.11. The van der Waals surface area contributed by atoms with E-state index < -0.39 is 0 Å². The molecule has 0 bridgehead atoms. The quantitative estimate of drug-likeness (QED) is 0.812. The average Bonchev–Trinajstić information content (AvgIpc) is 3.06. The first kappa shape index (κ1) is 16.1. The van der Waals surface area contributed by atoms with E-state index in [9.17, 15) is 4.79 Å². The molecule has 6 nitrogen and oxygen atoms in total. The van der Waals surface area contributed by atoms with Crippen LogP contribution >= 0.6 is 0 Å². The van der Waals surface area contributed by atoms with Crippen molar-refractivity contribution in [3.63, 3.8) is 0 Å². The number of carbonyl (C=O) groups excluding carboxylic acids is 1. The summed E-state index contributed by atoms with van der Waals surface area (Å²) in [6.07, 6.45) is 0. The fourth-order valence-corrected chi connectivity index (χ4v) is 2.33. The number of nitrogens with one attached hydrogen (secondary N) is 1. The van der Waals surface area contributed by atoms with E-state index in [4.69, 9.17) is 19.9 Å². The number of hydrogen-bond acceptors (Lipinski definition) is 5. The minimum Gasteiger partial charge on any atom is -0.489 e. The second kappa shape index (κ2) is 7.23. The summed E-state index contributed by atoms with van der Waals surface area (Å²) in [5, 5.41) is 3.08. The molecule has 0 aromatic heterocycles. The van der Waals surface area contributed by atoms with Crippen LogP contribution < -0.4 is 25.3 Å². The van der Waals surface area contributed by atoms with Crippen LogP contribution in [0, 0.1) is 0 Å². The topological polar surface area (TPSA) is 82.8 Å². The highest BCUT2D eigenvalue weighted by atomic mass is 16.7. The van der Waals surface area contributed by atoms with Crippen molar-refractivity contribution < 1.29 is 19.0 Å². The van der Waals surface area contributed by atoms with E-state index in [0.717, 1.165) is 22.6 Å². The van der Waals surface area contributed by atoms with Gasteiger partial charge in [-0.3, -0.25) is 4.79 Å². The number of benzene rings is 2. The van der Waals surface area contributed by atoms with Gasteiger partial charge in [0.15, 0.2) is 11.5 Å². The number of ether oxygens (including phenoxy) is 3. The summed E-state index contributed by atoms with van der Waals surface area (Å²) in [5.41, 5.74) is 7.35. The highest BCUT2D eigenvalue weighted by Gasteiger charge is 2.13. The third-order valence-electron chi connectivity index (χ3n) is 3.78. The number of fused-ring (bicyclic) bond motifs is 1. The Kier molecular flexibility index (Phi) is 4.86. The molecule has 2 aromatic rings. The Labute approximate surface area is 140 Å². The molecule has 1 amide bonds. The lowest BCUT2D eigenvalue weighted by molar-refractivity contribution is -0.119.